The highest BCUT2D eigenvalue weighted by Gasteiger charge is 2.15. The molecule has 1 N–H and O–H groups in total. The van der Waals surface area contributed by atoms with Gasteiger partial charge in [-0.3, -0.25) is 9.78 Å². The van der Waals surface area contributed by atoms with Crippen molar-refractivity contribution in [2.45, 2.75) is 25.8 Å². The first-order valence-electron chi connectivity index (χ1n) is 7.62. The van der Waals surface area contributed by atoms with Crippen molar-refractivity contribution in [2.75, 3.05) is 6.61 Å². The van der Waals surface area contributed by atoms with Crippen molar-refractivity contribution < 1.29 is 14.3 Å². The molecule has 1 aromatic heterocycles. The average molecular weight is 312 g/mol. The number of ether oxygens (including phenoxy) is 1. The van der Waals surface area contributed by atoms with Crippen molar-refractivity contribution in [3.8, 4) is 0 Å². The molecule has 0 fully saturated rings. The van der Waals surface area contributed by atoms with Gasteiger partial charge in [0.05, 0.1) is 11.6 Å². The Bertz CT molecular complexity index is 629. The van der Waals surface area contributed by atoms with E-state index in [2.05, 4.69) is 17.2 Å². The van der Waals surface area contributed by atoms with Crippen molar-refractivity contribution >= 4 is 11.9 Å². The van der Waals surface area contributed by atoms with E-state index in [0.717, 1.165) is 18.4 Å². The summed E-state index contributed by atoms with van der Waals surface area (Å²) in [6, 6.07) is 12.8. The van der Waals surface area contributed by atoms with Crippen molar-refractivity contribution in [3.63, 3.8) is 0 Å². The first kappa shape index (κ1) is 16.7. The maximum absolute atomic E-state index is 12.0. The van der Waals surface area contributed by atoms with Gasteiger partial charge < -0.3 is 10.1 Å². The molecule has 0 radical (unpaired) electrons. The fourth-order valence-electron chi connectivity index (χ4n) is 2.23. The zero-order chi connectivity index (χ0) is 16.5. The summed E-state index contributed by atoms with van der Waals surface area (Å²) in [5.74, 6) is -0.844. The minimum atomic E-state index is -0.533. The molecule has 1 atom stereocenters. The van der Waals surface area contributed by atoms with Gasteiger partial charge in [0.1, 0.15) is 0 Å². The van der Waals surface area contributed by atoms with Gasteiger partial charge >= 0.3 is 5.97 Å². The molecule has 23 heavy (non-hydrogen) atoms. The molecular weight excluding hydrogens is 292 g/mol. The van der Waals surface area contributed by atoms with Crippen LogP contribution in [-0.4, -0.2) is 23.5 Å². The topological polar surface area (TPSA) is 68.3 Å². The van der Waals surface area contributed by atoms with Crippen molar-refractivity contribution in [1.82, 2.24) is 10.3 Å². The van der Waals surface area contributed by atoms with Crippen LogP contribution in [0.2, 0.25) is 0 Å². The second-order valence-electron chi connectivity index (χ2n) is 5.13. The molecule has 0 saturated carbocycles. The third-order valence-corrected chi connectivity index (χ3v) is 3.36. The van der Waals surface area contributed by atoms with Gasteiger partial charge in [-0.25, -0.2) is 4.79 Å². The normalized spacial score (nSPS) is 11.5. The third-order valence-electron chi connectivity index (χ3n) is 3.36. The van der Waals surface area contributed by atoms with Crippen LogP contribution in [-0.2, 0) is 9.53 Å². The van der Waals surface area contributed by atoms with Gasteiger partial charge in [0.25, 0.3) is 5.91 Å². The van der Waals surface area contributed by atoms with E-state index in [0.29, 0.717) is 5.56 Å². The fourth-order valence-corrected chi connectivity index (χ4v) is 2.23. The molecule has 1 heterocycles. The summed E-state index contributed by atoms with van der Waals surface area (Å²) in [7, 11) is 0. The van der Waals surface area contributed by atoms with Crippen LogP contribution in [0.3, 0.4) is 0 Å². The molecule has 120 valence electrons. The number of carbonyl (C=O) groups is 2. The lowest BCUT2D eigenvalue weighted by Gasteiger charge is -2.18. The number of rotatable bonds is 7. The van der Waals surface area contributed by atoms with Gasteiger partial charge in [-0.05, 0) is 24.1 Å². The summed E-state index contributed by atoms with van der Waals surface area (Å²) in [6.07, 6.45) is 4.78. The van der Waals surface area contributed by atoms with Crippen molar-refractivity contribution in [2.24, 2.45) is 0 Å². The highest BCUT2D eigenvalue weighted by molar-refractivity contribution is 5.91. The first-order valence-corrected chi connectivity index (χ1v) is 7.62. The van der Waals surface area contributed by atoms with Crippen molar-refractivity contribution in [1.29, 1.82) is 0 Å². The van der Waals surface area contributed by atoms with Crippen LogP contribution in [0.15, 0.2) is 54.9 Å². The van der Waals surface area contributed by atoms with E-state index >= 15 is 0 Å². The zero-order valence-electron chi connectivity index (χ0n) is 13.1. The van der Waals surface area contributed by atoms with Gasteiger partial charge in [0, 0.05) is 12.4 Å². The Morgan fingerprint density at radius 1 is 1.13 bits per heavy atom. The van der Waals surface area contributed by atoms with E-state index in [-0.39, 0.29) is 18.6 Å². The summed E-state index contributed by atoms with van der Waals surface area (Å²) in [4.78, 5) is 27.7. The number of nitrogens with zero attached hydrogens (tertiary/aromatic N) is 1. The van der Waals surface area contributed by atoms with Crippen molar-refractivity contribution in [3.05, 3.63) is 66.0 Å². The first-order chi connectivity index (χ1) is 11.2. The van der Waals surface area contributed by atoms with Crippen LogP contribution in [0.25, 0.3) is 0 Å². The quantitative estimate of drug-likeness (QED) is 0.798. The van der Waals surface area contributed by atoms with Gasteiger partial charge in [-0.2, -0.15) is 0 Å². The molecular formula is C18H20N2O3. The van der Waals surface area contributed by atoms with E-state index < -0.39 is 5.97 Å². The lowest BCUT2D eigenvalue weighted by atomic mass is 10.0. The third kappa shape index (κ3) is 5.21. The smallest absolute Gasteiger partial charge is 0.338 e. The summed E-state index contributed by atoms with van der Waals surface area (Å²) in [6.45, 7) is 1.76. The molecule has 0 aliphatic carbocycles. The predicted octanol–water partition coefficient (Wildman–Crippen LogP) is 2.90. The number of benzene rings is 1. The molecule has 2 aromatic rings. The monoisotopic (exact) mass is 312 g/mol. The Hall–Kier alpha value is -2.69. The molecule has 1 aromatic carbocycles. The Labute approximate surface area is 135 Å². The molecule has 2 rings (SSSR count). The average Bonchev–Trinajstić information content (AvgIpc) is 2.61. The minimum Gasteiger partial charge on any atom is -0.452 e. The molecule has 0 saturated heterocycles. The van der Waals surface area contributed by atoms with Crippen LogP contribution in [0.4, 0.5) is 0 Å². The summed E-state index contributed by atoms with van der Waals surface area (Å²) in [5, 5.41) is 2.91. The standard InChI is InChI=1S/C18H20N2O3/c1-2-6-16(14-7-4-3-5-8-14)20-17(21)13-23-18(22)15-9-11-19-12-10-15/h3-5,7-12,16H,2,6,13H2,1H3,(H,20,21)/t16-/m0/s1. The fraction of sp³-hybridized carbons (Fsp3) is 0.278. The molecule has 0 bridgehead atoms. The Morgan fingerprint density at radius 2 is 1.83 bits per heavy atom. The Morgan fingerprint density at radius 3 is 2.48 bits per heavy atom. The summed E-state index contributed by atoms with van der Waals surface area (Å²) < 4.78 is 5.03. The number of nitrogens with one attached hydrogen (secondary N) is 1. The van der Waals surface area contributed by atoms with E-state index in [9.17, 15) is 9.59 Å². The molecule has 0 aliphatic rings. The van der Waals surface area contributed by atoms with Gasteiger partial charge in [0.15, 0.2) is 6.61 Å². The number of aromatic nitrogens is 1. The number of hydrogen-bond acceptors (Lipinski definition) is 4. The number of amides is 1. The zero-order valence-corrected chi connectivity index (χ0v) is 13.1. The maximum Gasteiger partial charge on any atom is 0.338 e. The molecule has 0 unspecified atom stereocenters. The highest BCUT2D eigenvalue weighted by atomic mass is 16.5. The van der Waals surface area contributed by atoms with Crippen LogP contribution in [0, 0.1) is 0 Å². The molecule has 1 amide bonds. The van der Waals surface area contributed by atoms with Crippen LogP contribution < -0.4 is 5.32 Å². The predicted molar refractivity (Wildman–Crippen MR) is 86.8 cm³/mol. The Balaban J connectivity index is 1.88. The second-order valence-corrected chi connectivity index (χ2v) is 5.13. The van der Waals surface area contributed by atoms with E-state index in [4.69, 9.17) is 4.74 Å². The van der Waals surface area contributed by atoms with Gasteiger partial charge in [-0.15, -0.1) is 0 Å². The largest absolute Gasteiger partial charge is 0.452 e. The van der Waals surface area contributed by atoms with Gasteiger partial charge in [-0.1, -0.05) is 43.7 Å². The number of esters is 1. The van der Waals surface area contributed by atoms with Gasteiger partial charge in [0.2, 0.25) is 0 Å². The van der Waals surface area contributed by atoms with Crippen LogP contribution in [0.1, 0.15) is 41.7 Å². The second kappa shape index (κ2) is 8.68. The molecule has 5 heteroatoms. The number of carbonyl (C=O) groups excluding carboxylic acids is 2. The van der Waals surface area contributed by atoms with E-state index in [1.165, 1.54) is 12.4 Å². The summed E-state index contributed by atoms with van der Waals surface area (Å²) in [5.41, 5.74) is 1.42. The minimum absolute atomic E-state index is 0.0756. The van der Waals surface area contributed by atoms with Crippen LogP contribution in [0.5, 0.6) is 0 Å². The highest BCUT2D eigenvalue weighted by Crippen LogP contribution is 2.17. The maximum atomic E-state index is 12.0. The molecule has 0 spiro atoms. The van der Waals surface area contributed by atoms with E-state index in [1.807, 2.05) is 30.3 Å². The Kier molecular flexibility index (Phi) is 6.29. The number of pyridine rings is 1. The SMILES string of the molecule is CCC[C@H](NC(=O)COC(=O)c1ccncc1)c1ccccc1. The number of hydrogen-bond donors (Lipinski definition) is 1. The lowest BCUT2D eigenvalue weighted by Crippen LogP contribution is -2.32. The van der Waals surface area contributed by atoms with Crippen LogP contribution >= 0.6 is 0 Å². The summed E-state index contributed by atoms with van der Waals surface area (Å²) >= 11 is 0. The molecule has 5 nitrogen and oxygen atoms in total. The molecule has 0 aliphatic heterocycles. The lowest BCUT2D eigenvalue weighted by molar-refractivity contribution is -0.125. The van der Waals surface area contributed by atoms with E-state index in [1.54, 1.807) is 12.1 Å².